The van der Waals surface area contributed by atoms with E-state index < -0.39 is 12.1 Å². The van der Waals surface area contributed by atoms with Gasteiger partial charge in [-0.3, -0.25) is 9.59 Å². The maximum atomic E-state index is 11.7. The standard InChI is InChI=1S/C11H12N4O2S.C2HF3O2/c1-6-3-10(16)15-9(13-6)4-12-11(17)8-5-18-7(2)14-8;3-2(4,5)1(6)7/h3,5H,4H2,1-2H3,(H,12,17)(H,13,15,16);(H,6,7). The highest BCUT2D eigenvalue weighted by Gasteiger charge is 2.38. The van der Waals surface area contributed by atoms with Crippen LogP contribution in [0, 0.1) is 13.8 Å². The minimum atomic E-state index is -5.08. The van der Waals surface area contributed by atoms with Gasteiger partial charge in [-0.25, -0.2) is 14.8 Å². The number of hydrogen-bond acceptors (Lipinski definition) is 6. The van der Waals surface area contributed by atoms with E-state index in [0.29, 0.717) is 17.2 Å². The topological polar surface area (TPSA) is 125 Å². The fourth-order valence-corrected chi connectivity index (χ4v) is 2.04. The Morgan fingerprint density at radius 3 is 2.36 bits per heavy atom. The van der Waals surface area contributed by atoms with E-state index in [1.807, 2.05) is 6.92 Å². The Balaban J connectivity index is 0.000000381. The summed E-state index contributed by atoms with van der Waals surface area (Å²) in [6.07, 6.45) is -5.08. The minimum Gasteiger partial charge on any atom is -0.475 e. The Morgan fingerprint density at radius 1 is 1.32 bits per heavy atom. The summed E-state index contributed by atoms with van der Waals surface area (Å²) >= 11 is 1.41. The molecule has 2 rings (SSSR count). The molecule has 0 saturated heterocycles. The van der Waals surface area contributed by atoms with Crippen molar-refractivity contribution in [2.75, 3.05) is 0 Å². The van der Waals surface area contributed by atoms with E-state index in [0.717, 1.165) is 5.01 Å². The fraction of sp³-hybridized carbons (Fsp3) is 0.308. The van der Waals surface area contributed by atoms with Crippen LogP contribution in [0.3, 0.4) is 0 Å². The molecule has 8 nitrogen and oxygen atoms in total. The first kappa shape index (κ1) is 20.3. The maximum Gasteiger partial charge on any atom is 0.490 e. The smallest absolute Gasteiger partial charge is 0.475 e. The number of aliphatic carboxylic acids is 1. The zero-order valence-electron chi connectivity index (χ0n) is 13.0. The van der Waals surface area contributed by atoms with Crippen molar-refractivity contribution in [2.24, 2.45) is 0 Å². The van der Waals surface area contributed by atoms with Crippen molar-refractivity contribution in [3.8, 4) is 0 Å². The van der Waals surface area contributed by atoms with Gasteiger partial charge in [-0.2, -0.15) is 13.2 Å². The zero-order valence-corrected chi connectivity index (χ0v) is 13.8. The number of thiazole rings is 1. The second-order valence-corrected chi connectivity index (χ2v) is 5.63. The van der Waals surface area contributed by atoms with Crippen molar-refractivity contribution in [3.05, 3.63) is 44.0 Å². The third-order valence-corrected chi connectivity index (χ3v) is 3.20. The highest BCUT2D eigenvalue weighted by molar-refractivity contribution is 7.09. The van der Waals surface area contributed by atoms with E-state index in [-0.39, 0.29) is 18.0 Å². The lowest BCUT2D eigenvalue weighted by atomic mass is 10.4. The van der Waals surface area contributed by atoms with Crippen LogP contribution in [0.15, 0.2) is 16.2 Å². The second-order valence-electron chi connectivity index (χ2n) is 4.57. The molecule has 2 aromatic rings. The molecule has 0 spiro atoms. The molecule has 12 heteroatoms. The molecule has 25 heavy (non-hydrogen) atoms. The number of carboxylic acids is 1. The average molecular weight is 378 g/mol. The number of carboxylic acid groups (broad SMARTS) is 1. The number of amides is 1. The Bertz CT molecular complexity index is 816. The molecule has 0 saturated carbocycles. The molecular formula is C13H13F3N4O4S. The quantitative estimate of drug-likeness (QED) is 0.742. The van der Waals surface area contributed by atoms with Crippen LogP contribution in [0.1, 0.15) is 27.0 Å². The van der Waals surface area contributed by atoms with Crippen molar-refractivity contribution in [1.82, 2.24) is 20.3 Å². The molecule has 0 aliphatic rings. The monoisotopic (exact) mass is 378 g/mol. The van der Waals surface area contributed by atoms with Gasteiger partial charge in [0.15, 0.2) is 0 Å². The lowest BCUT2D eigenvalue weighted by Gasteiger charge is -2.03. The lowest BCUT2D eigenvalue weighted by Crippen LogP contribution is -2.26. The Hall–Kier alpha value is -2.76. The molecule has 2 aromatic heterocycles. The molecule has 0 aliphatic carbocycles. The van der Waals surface area contributed by atoms with Crippen molar-refractivity contribution in [2.45, 2.75) is 26.6 Å². The van der Waals surface area contributed by atoms with Gasteiger partial charge in [0.2, 0.25) is 0 Å². The number of carbonyl (C=O) groups excluding carboxylic acids is 1. The number of rotatable bonds is 3. The van der Waals surface area contributed by atoms with Crippen LogP contribution >= 0.6 is 11.3 Å². The number of carbonyl (C=O) groups is 2. The fourth-order valence-electron chi connectivity index (χ4n) is 1.45. The van der Waals surface area contributed by atoms with E-state index in [1.165, 1.54) is 17.4 Å². The van der Waals surface area contributed by atoms with Crippen molar-refractivity contribution >= 4 is 23.2 Å². The van der Waals surface area contributed by atoms with E-state index >= 15 is 0 Å². The zero-order chi connectivity index (χ0) is 19.2. The van der Waals surface area contributed by atoms with Crippen LogP contribution in [0.5, 0.6) is 0 Å². The van der Waals surface area contributed by atoms with E-state index in [2.05, 4.69) is 20.3 Å². The number of halogens is 3. The van der Waals surface area contributed by atoms with Crippen LogP contribution in [0.4, 0.5) is 13.2 Å². The molecular weight excluding hydrogens is 365 g/mol. The predicted octanol–water partition coefficient (Wildman–Crippen LogP) is 1.41. The van der Waals surface area contributed by atoms with Crippen molar-refractivity contribution in [3.63, 3.8) is 0 Å². The first-order valence-electron chi connectivity index (χ1n) is 6.56. The Morgan fingerprint density at radius 2 is 1.92 bits per heavy atom. The molecule has 0 atom stereocenters. The Labute approximate surface area is 142 Å². The highest BCUT2D eigenvalue weighted by Crippen LogP contribution is 2.13. The van der Waals surface area contributed by atoms with Gasteiger partial charge in [0.05, 0.1) is 11.6 Å². The molecule has 0 unspecified atom stereocenters. The summed E-state index contributed by atoms with van der Waals surface area (Å²) in [5, 5.41) is 12.3. The third kappa shape index (κ3) is 7.12. The SMILES string of the molecule is Cc1cc(=O)[nH]c(CNC(=O)c2csc(C)n2)n1.O=C(O)C(F)(F)F. The largest absolute Gasteiger partial charge is 0.490 e. The summed E-state index contributed by atoms with van der Waals surface area (Å²) in [7, 11) is 0. The van der Waals surface area contributed by atoms with Crippen LogP contribution < -0.4 is 10.9 Å². The van der Waals surface area contributed by atoms with Gasteiger partial charge in [0, 0.05) is 17.1 Å². The number of nitrogens with zero attached hydrogens (tertiary/aromatic N) is 2. The molecule has 136 valence electrons. The minimum absolute atomic E-state index is 0.173. The van der Waals surface area contributed by atoms with Gasteiger partial charge < -0.3 is 15.4 Å². The maximum absolute atomic E-state index is 11.7. The van der Waals surface area contributed by atoms with E-state index in [9.17, 15) is 22.8 Å². The third-order valence-electron chi connectivity index (χ3n) is 2.43. The summed E-state index contributed by atoms with van der Waals surface area (Å²) in [4.78, 5) is 42.6. The van der Waals surface area contributed by atoms with Gasteiger partial charge in [-0.05, 0) is 13.8 Å². The number of nitrogens with one attached hydrogen (secondary N) is 2. The number of H-pyrrole nitrogens is 1. The van der Waals surface area contributed by atoms with Gasteiger partial charge in [-0.1, -0.05) is 0 Å². The number of aromatic nitrogens is 3. The summed E-state index contributed by atoms with van der Waals surface area (Å²) in [5.74, 6) is -2.60. The van der Waals surface area contributed by atoms with Crippen LogP contribution in [0.25, 0.3) is 0 Å². The molecule has 0 aromatic carbocycles. The van der Waals surface area contributed by atoms with Gasteiger partial charge >= 0.3 is 12.1 Å². The lowest BCUT2D eigenvalue weighted by molar-refractivity contribution is -0.192. The number of alkyl halides is 3. The van der Waals surface area contributed by atoms with Crippen LogP contribution in [-0.2, 0) is 11.3 Å². The van der Waals surface area contributed by atoms with Crippen LogP contribution in [0.2, 0.25) is 0 Å². The van der Waals surface area contributed by atoms with Crippen LogP contribution in [-0.4, -0.2) is 38.1 Å². The van der Waals surface area contributed by atoms with E-state index in [4.69, 9.17) is 9.90 Å². The molecule has 0 aliphatic heterocycles. The first-order valence-corrected chi connectivity index (χ1v) is 7.44. The van der Waals surface area contributed by atoms with Gasteiger partial charge in [-0.15, -0.1) is 11.3 Å². The molecule has 3 N–H and O–H groups in total. The molecule has 0 radical (unpaired) electrons. The van der Waals surface area contributed by atoms with E-state index in [1.54, 1.807) is 12.3 Å². The van der Waals surface area contributed by atoms with Gasteiger partial charge in [0.1, 0.15) is 11.5 Å². The molecule has 2 heterocycles. The molecule has 1 amide bonds. The normalized spacial score (nSPS) is 10.6. The predicted molar refractivity (Wildman–Crippen MR) is 81.3 cm³/mol. The van der Waals surface area contributed by atoms with Crippen molar-refractivity contribution < 1.29 is 27.9 Å². The summed E-state index contributed by atoms with van der Waals surface area (Å²) in [6.45, 7) is 3.73. The second kappa shape index (κ2) is 8.37. The Kier molecular flexibility index (Phi) is 6.79. The number of aryl methyl sites for hydroxylation is 2. The van der Waals surface area contributed by atoms with Gasteiger partial charge in [0.25, 0.3) is 11.5 Å². The molecule has 0 bridgehead atoms. The summed E-state index contributed by atoms with van der Waals surface area (Å²) < 4.78 is 31.7. The first-order chi connectivity index (χ1) is 11.5. The van der Waals surface area contributed by atoms with Crippen molar-refractivity contribution in [1.29, 1.82) is 0 Å². The average Bonchev–Trinajstić information content (AvgIpc) is 2.90. The molecule has 0 fully saturated rings. The number of hydrogen-bond donors (Lipinski definition) is 3. The highest BCUT2D eigenvalue weighted by atomic mass is 32.1. The summed E-state index contributed by atoms with van der Waals surface area (Å²) in [5.41, 5.74) is 0.774. The summed E-state index contributed by atoms with van der Waals surface area (Å²) in [6, 6.07) is 1.40. The number of aromatic amines is 1.